The normalized spacial score (nSPS) is 14.8. The fraction of sp³-hybridized carbons (Fsp3) is 0.286. The maximum atomic E-state index is 14.0. The minimum absolute atomic E-state index is 0.142. The molecule has 0 fully saturated rings. The molecule has 0 bridgehead atoms. The molecule has 174 valence electrons. The van der Waals surface area contributed by atoms with Crippen molar-refractivity contribution in [3.63, 3.8) is 0 Å². The topological polar surface area (TPSA) is 56.1 Å². The van der Waals surface area contributed by atoms with E-state index in [-0.39, 0.29) is 17.5 Å². The van der Waals surface area contributed by atoms with Gasteiger partial charge in [0, 0.05) is 48.7 Å². The number of anilines is 1. The highest BCUT2D eigenvalue weighted by molar-refractivity contribution is 5.79. The minimum atomic E-state index is -0.267. The van der Waals surface area contributed by atoms with E-state index in [0.29, 0.717) is 19.6 Å². The van der Waals surface area contributed by atoms with Gasteiger partial charge in [-0.25, -0.2) is 9.37 Å². The Hall–Kier alpha value is -3.67. The summed E-state index contributed by atoms with van der Waals surface area (Å²) >= 11 is 0. The van der Waals surface area contributed by atoms with Crippen molar-refractivity contribution in [2.75, 3.05) is 11.9 Å². The summed E-state index contributed by atoms with van der Waals surface area (Å²) in [5, 5.41) is 3.50. The van der Waals surface area contributed by atoms with Gasteiger partial charge in [-0.2, -0.15) is 0 Å². The molecule has 5 rings (SSSR count). The standard InChI is InChI=1S/C28H28FN3O2/c1-4-28-31-24-11-8-21(29)13-26(24)32(28)25-7-5-6-19(18(25)3)15-30-22-9-10-23-20(12-17(2)33)16-34-27(23)14-22/h5-11,13-14,20,30H,4,12,15-16H2,1-3H3. The van der Waals surface area contributed by atoms with Gasteiger partial charge in [0.15, 0.2) is 0 Å². The Morgan fingerprint density at radius 1 is 1.21 bits per heavy atom. The van der Waals surface area contributed by atoms with Crippen molar-refractivity contribution < 1.29 is 13.9 Å². The van der Waals surface area contributed by atoms with E-state index in [1.165, 1.54) is 6.07 Å². The molecule has 2 heterocycles. The molecule has 1 atom stereocenters. The van der Waals surface area contributed by atoms with Crippen molar-refractivity contribution in [3.8, 4) is 11.4 Å². The molecule has 0 spiro atoms. The van der Waals surface area contributed by atoms with Gasteiger partial charge in [-0.05, 0) is 49.2 Å². The lowest BCUT2D eigenvalue weighted by Gasteiger charge is -2.16. The number of ketones is 1. The Balaban J connectivity index is 1.41. The van der Waals surface area contributed by atoms with Crippen LogP contribution in [0.25, 0.3) is 16.7 Å². The molecular formula is C28H28FN3O2. The average Bonchev–Trinajstić information content (AvgIpc) is 3.38. The van der Waals surface area contributed by atoms with Crippen molar-refractivity contribution in [2.24, 2.45) is 0 Å². The number of halogens is 1. The van der Waals surface area contributed by atoms with Gasteiger partial charge in [0.1, 0.15) is 23.2 Å². The van der Waals surface area contributed by atoms with Crippen LogP contribution in [-0.2, 0) is 17.8 Å². The van der Waals surface area contributed by atoms with Crippen molar-refractivity contribution in [1.29, 1.82) is 0 Å². The number of aromatic nitrogens is 2. The van der Waals surface area contributed by atoms with Gasteiger partial charge in [-0.1, -0.05) is 25.1 Å². The van der Waals surface area contributed by atoms with Crippen LogP contribution in [0.5, 0.6) is 5.75 Å². The molecule has 1 unspecified atom stereocenters. The number of hydrogen-bond donors (Lipinski definition) is 1. The Morgan fingerprint density at radius 3 is 2.85 bits per heavy atom. The third-order valence-electron chi connectivity index (χ3n) is 6.57. The van der Waals surface area contributed by atoms with Crippen LogP contribution in [0.1, 0.15) is 48.7 Å². The largest absolute Gasteiger partial charge is 0.493 e. The SMILES string of the molecule is CCc1nc2ccc(F)cc2n1-c1cccc(CNc2ccc3c(c2)OCC3CC(C)=O)c1C. The molecule has 6 heteroatoms. The number of carbonyl (C=O) groups is 1. The summed E-state index contributed by atoms with van der Waals surface area (Å²) < 4.78 is 21.9. The van der Waals surface area contributed by atoms with Crippen LogP contribution in [0.4, 0.5) is 10.1 Å². The second-order valence-electron chi connectivity index (χ2n) is 8.93. The summed E-state index contributed by atoms with van der Waals surface area (Å²) in [5.41, 5.74) is 6.92. The number of hydrogen-bond acceptors (Lipinski definition) is 4. The van der Waals surface area contributed by atoms with Crippen LogP contribution < -0.4 is 10.1 Å². The van der Waals surface area contributed by atoms with E-state index in [4.69, 9.17) is 9.72 Å². The Bertz CT molecular complexity index is 1390. The summed E-state index contributed by atoms with van der Waals surface area (Å²) in [6, 6.07) is 17.0. The van der Waals surface area contributed by atoms with E-state index in [1.54, 1.807) is 19.1 Å². The second kappa shape index (κ2) is 8.93. The van der Waals surface area contributed by atoms with Gasteiger partial charge in [0.2, 0.25) is 0 Å². The van der Waals surface area contributed by atoms with Crippen LogP contribution in [0.15, 0.2) is 54.6 Å². The van der Waals surface area contributed by atoms with Gasteiger partial charge in [-0.3, -0.25) is 4.57 Å². The minimum Gasteiger partial charge on any atom is -0.493 e. The van der Waals surface area contributed by atoms with Crippen LogP contribution in [-0.4, -0.2) is 21.9 Å². The molecule has 0 saturated carbocycles. The predicted octanol–water partition coefficient (Wildman–Crippen LogP) is 6.10. The molecule has 0 aliphatic carbocycles. The fourth-order valence-corrected chi connectivity index (χ4v) is 4.81. The smallest absolute Gasteiger partial charge is 0.130 e. The molecule has 1 aromatic heterocycles. The predicted molar refractivity (Wildman–Crippen MR) is 132 cm³/mol. The van der Waals surface area contributed by atoms with E-state index in [2.05, 4.69) is 41.9 Å². The lowest BCUT2D eigenvalue weighted by atomic mass is 9.96. The zero-order valence-corrected chi connectivity index (χ0v) is 19.7. The fourth-order valence-electron chi connectivity index (χ4n) is 4.81. The molecule has 0 radical (unpaired) electrons. The maximum absolute atomic E-state index is 14.0. The van der Waals surface area contributed by atoms with Crippen LogP contribution in [0, 0.1) is 12.7 Å². The lowest BCUT2D eigenvalue weighted by molar-refractivity contribution is -0.117. The third kappa shape index (κ3) is 4.04. The van der Waals surface area contributed by atoms with Gasteiger partial charge < -0.3 is 14.8 Å². The average molecular weight is 458 g/mol. The first kappa shape index (κ1) is 22.1. The number of ether oxygens (including phenoxy) is 1. The summed E-state index contributed by atoms with van der Waals surface area (Å²) in [6.45, 7) is 6.97. The zero-order chi connectivity index (χ0) is 23.8. The number of nitrogens with one attached hydrogen (secondary N) is 1. The van der Waals surface area contributed by atoms with Gasteiger partial charge >= 0.3 is 0 Å². The molecule has 1 N–H and O–H groups in total. The van der Waals surface area contributed by atoms with Crippen molar-refractivity contribution in [3.05, 3.63) is 82.9 Å². The molecule has 34 heavy (non-hydrogen) atoms. The highest BCUT2D eigenvalue weighted by Gasteiger charge is 2.25. The maximum Gasteiger partial charge on any atom is 0.130 e. The molecule has 4 aromatic rings. The van der Waals surface area contributed by atoms with Gasteiger partial charge in [-0.15, -0.1) is 0 Å². The second-order valence-corrected chi connectivity index (χ2v) is 8.93. The lowest BCUT2D eigenvalue weighted by Crippen LogP contribution is -2.07. The van der Waals surface area contributed by atoms with E-state index in [9.17, 15) is 9.18 Å². The number of benzene rings is 3. The third-order valence-corrected chi connectivity index (χ3v) is 6.57. The van der Waals surface area contributed by atoms with E-state index < -0.39 is 0 Å². The molecule has 1 aliphatic rings. The molecule has 0 amide bonds. The van der Waals surface area contributed by atoms with Crippen molar-refractivity contribution in [2.45, 2.75) is 46.1 Å². The number of Topliss-reactive ketones (excluding diaryl/α,β-unsaturated/α-hetero) is 1. The Kier molecular flexibility index (Phi) is 5.82. The molecule has 5 nitrogen and oxygen atoms in total. The summed E-state index contributed by atoms with van der Waals surface area (Å²) in [5.74, 6) is 1.81. The Morgan fingerprint density at radius 2 is 2.06 bits per heavy atom. The number of nitrogens with zero attached hydrogens (tertiary/aromatic N) is 2. The van der Waals surface area contributed by atoms with Gasteiger partial charge in [0.05, 0.1) is 23.3 Å². The zero-order valence-electron chi connectivity index (χ0n) is 19.7. The van der Waals surface area contributed by atoms with Crippen LogP contribution in [0.2, 0.25) is 0 Å². The van der Waals surface area contributed by atoms with Crippen LogP contribution in [0.3, 0.4) is 0 Å². The quantitative estimate of drug-likeness (QED) is 0.364. The molecule has 1 aliphatic heterocycles. The first-order chi connectivity index (χ1) is 16.4. The number of carbonyl (C=O) groups excluding carboxylic acids is 1. The number of rotatable bonds is 7. The van der Waals surface area contributed by atoms with Gasteiger partial charge in [0.25, 0.3) is 0 Å². The number of fused-ring (bicyclic) bond motifs is 2. The summed E-state index contributed by atoms with van der Waals surface area (Å²) in [4.78, 5) is 16.2. The first-order valence-electron chi connectivity index (χ1n) is 11.7. The highest BCUT2D eigenvalue weighted by atomic mass is 19.1. The number of imidazole rings is 1. The van der Waals surface area contributed by atoms with Crippen LogP contribution >= 0.6 is 0 Å². The van der Waals surface area contributed by atoms with E-state index in [1.807, 2.05) is 18.2 Å². The first-order valence-corrected chi connectivity index (χ1v) is 11.7. The molecular weight excluding hydrogens is 429 g/mol. The summed E-state index contributed by atoms with van der Waals surface area (Å²) in [7, 11) is 0. The number of aryl methyl sites for hydroxylation is 1. The van der Waals surface area contributed by atoms with E-state index >= 15 is 0 Å². The Labute approximate surface area is 198 Å². The van der Waals surface area contributed by atoms with Crippen molar-refractivity contribution >= 4 is 22.5 Å². The monoisotopic (exact) mass is 457 g/mol. The molecule has 3 aromatic carbocycles. The van der Waals surface area contributed by atoms with Crippen molar-refractivity contribution in [1.82, 2.24) is 9.55 Å². The summed E-state index contributed by atoms with van der Waals surface area (Å²) in [6.07, 6.45) is 1.26. The molecule has 0 saturated heterocycles. The van der Waals surface area contributed by atoms with E-state index in [0.717, 1.165) is 57.1 Å². The highest BCUT2D eigenvalue weighted by Crippen LogP contribution is 2.38.